The molecule has 4 rings (SSSR count). The summed E-state index contributed by atoms with van der Waals surface area (Å²) < 4.78 is 29.6. The van der Waals surface area contributed by atoms with Crippen molar-refractivity contribution in [1.29, 1.82) is 0 Å². The number of H-pyrrole nitrogens is 1. The Morgan fingerprint density at radius 1 is 1.14 bits per heavy atom. The molecule has 0 fully saturated rings. The van der Waals surface area contributed by atoms with Gasteiger partial charge in [0.1, 0.15) is 5.82 Å². The van der Waals surface area contributed by atoms with Crippen molar-refractivity contribution in [3.8, 4) is 5.82 Å². The normalized spacial score (nSPS) is 11.3. The molecule has 3 aromatic heterocycles. The van der Waals surface area contributed by atoms with Gasteiger partial charge < -0.3 is 4.98 Å². The van der Waals surface area contributed by atoms with E-state index in [-0.39, 0.29) is 22.3 Å². The summed E-state index contributed by atoms with van der Waals surface area (Å²) in [4.78, 5) is 30.7. The monoisotopic (exact) mass is 416 g/mol. The third kappa shape index (κ3) is 3.44. The Kier molecular flexibility index (Phi) is 4.74. The summed E-state index contributed by atoms with van der Waals surface area (Å²) in [6.45, 7) is 3.59. The molecule has 0 bridgehead atoms. The number of aromatic amines is 1. The van der Waals surface area contributed by atoms with Crippen LogP contribution in [0.2, 0.25) is 0 Å². The lowest BCUT2D eigenvalue weighted by atomic mass is 10.0. The van der Waals surface area contributed by atoms with E-state index in [1.807, 2.05) is 0 Å². The highest BCUT2D eigenvalue weighted by molar-refractivity contribution is 7.98. The number of benzene rings is 1. The van der Waals surface area contributed by atoms with Crippen LogP contribution >= 0.6 is 11.8 Å². The van der Waals surface area contributed by atoms with Gasteiger partial charge in [-0.2, -0.15) is 5.10 Å². The topological polar surface area (TPSA) is 97.9 Å². The van der Waals surface area contributed by atoms with Crippen molar-refractivity contribution in [2.45, 2.75) is 24.8 Å². The van der Waals surface area contributed by atoms with Gasteiger partial charge >= 0.3 is 0 Å². The van der Waals surface area contributed by atoms with Crippen LogP contribution in [-0.2, 0) is 5.75 Å². The smallest absolute Gasteiger partial charge is 0.289 e. The van der Waals surface area contributed by atoms with E-state index in [0.717, 1.165) is 38.3 Å². The van der Waals surface area contributed by atoms with E-state index in [4.69, 9.17) is 0 Å². The predicted octanol–water partition coefficient (Wildman–Crippen LogP) is 2.15. The number of rotatable bonds is 4. The summed E-state index contributed by atoms with van der Waals surface area (Å²) in [7, 11) is 0. The Morgan fingerprint density at radius 3 is 2.52 bits per heavy atom. The molecule has 4 aromatic rings. The molecule has 0 atom stereocenters. The van der Waals surface area contributed by atoms with Gasteiger partial charge in [-0.15, -0.1) is 9.73 Å². The fourth-order valence-corrected chi connectivity index (χ4v) is 4.13. The van der Waals surface area contributed by atoms with E-state index in [1.165, 1.54) is 30.1 Å². The second-order valence-corrected chi connectivity index (χ2v) is 7.27. The lowest BCUT2D eigenvalue weighted by molar-refractivity contribution is 0.623. The van der Waals surface area contributed by atoms with E-state index < -0.39 is 16.9 Å². The lowest BCUT2D eigenvalue weighted by Gasteiger charge is -2.13. The van der Waals surface area contributed by atoms with Crippen molar-refractivity contribution in [3.05, 3.63) is 79.8 Å². The standard InChI is InChI=1S/C18H14F2N6O2S/c1-9-3-11(19)4-10(2)12(9)8-29-18-24-26-16(13(20)5-23-26)17(28)25(18)14-6-22-15(27)7-21-14/h3-7H,8H2,1-2H3,(H,22,27). The number of aromatic nitrogens is 6. The average Bonchev–Trinajstić information content (AvgIpc) is 3.03. The van der Waals surface area contributed by atoms with Gasteiger partial charge in [0.25, 0.3) is 11.1 Å². The van der Waals surface area contributed by atoms with E-state index in [1.54, 1.807) is 13.8 Å². The number of nitrogens with zero attached hydrogens (tertiary/aromatic N) is 5. The molecule has 148 valence electrons. The van der Waals surface area contributed by atoms with Gasteiger partial charge in [-0.1, -0.05) is 11.8 Å². The minimum absolute atomic E-state index is 0.0836. The zero-order chi connectivity index (χ0) is 20.7. The molecule has 0 aliphatic heterocycles. The van der Waals surface area contributed by atoms with Crippen LogP contribution in [0.3, 0.4) is 0 Å². The lowest BCUT2D eigenvalue weighted by Crippen LogP contribution is -2.26. The van der Waals surface area contributed by atoms with Crippen LogP contribution in [0.4, 0.5) is 8.78 Å². The van der Waals surface area contributed by atoms with Crippen LogP contribution in [0.1, 0.15) is 16.7 Å². The first-order valence-electron chi connectivity index (χ1n) is 8.45. The molecule has 8 nitrogen and oxygen atoms in total. The average molecular weight is 416 g/mol. The molecule has 29 heavy (non-hydrogen) atoms. The Bertz CT molecular complexity index is 1320. The van der Waals surface area contributed by atoms with Crippen LogP contribution in [0.25, 0.3) is 11.3 Å². The van der Waals surface area contributed by atoms with Crippen LogP contribution in [0, 0.1) is 25.5 Å². The van der Waals surface area contributed by atoms with Crippen LogP contribution in [0.5, 0.6) is 0 Å². The zero-order valence-electron chi connectivity index (χ0n) is 15.3. The van der Waals surface area contributed by atoms with Crippen molar-refractivity contribution >= 4 is 17.3 Å². The third-order valence-corrected chi connectivity index (χ3v) is 5.33. The molecule has 3 heterocycles. The quantitative estimate of drug-likeness (QED) is 0.512. The maximum atomic E-state index is 14.0. The van der Waals surface area contributed by atoms with Crippen molar-refractivity contribution < 1.29 is 8.78 Å². The second-order valence-electron chi connectivity index (χ2n) is 6.33. The Morgan fingerprint density at radius 2 is 1.86 bits per heavy atom. The van der Waals surface area contributed by atoms with Gasteiger partial charge in [0.15, 0.2) is 22.3 Å². The maximum Gasteiger partial charge on any atom is 0.289 e. The van der Waals surface area contributed by atoms with Gasteiger partial charge in [-0.05, 0) is 42.7 Å². The molecule has 0 unspecified atom stereocenters. The summed E-state index contributed by atoms with van der Waals surface area (Å²) in [5.41, 5.74) is 0.909. The number of fused-ring (bicyclic) bond motifs is 1. The Labute approximate surface area is 166 Å². The molecule has 0 aliphatic rings. The molecular weight excluding hydrogens is 402 g/mol. The van der Waals surface area contributed by atoms with Gasteiger partial charge in [-0.3, -0.25) is 9.59 Å². The summed E-state index contributed by atoms with van der Waals surface area (Å²) >= 11 is 1.19. The molecule has 0 aliphatic carbocycles. The van der Waals surface area contributed by atoms with Crippen LogP contribution < -0.4 is 11.1 Å². The van der Waals surface area contributed by atoms with Gasteiger partial charge in [0.05, 0.1) is 12.4 Å². The van der Waals surface area contributed by atoms with Crippen LogP contribution in [-0.4, -0.2) is 29.4 Å². The maximum absolute atomic E-state index is 14.0. The fourth-order valence-electron chi connectivity index (χ4n) is 2.96. The molecule has 11 heteroatoms. The molecule has 0 amide bonds. The van der Waals surface area contributed by atoms with Gasteiger partial charge in [-0.25, -0.2) is 18.3 Å². The van der Waals surface area contributed by atoms with E-state index in [0.29, 0.717) is 5.75 Å². The van der Waals surface area contributed by atoms with E-state index in [2.05, 4.69) is 20.2 Å². The number of nitrogens with one attached hydrogen (secondary N) is 1. The highest BCUT2D eigenvalue weighted by Crippen LogP contribution is 2.26. The van der Waals surface area contributed by atoms with Gasteiger partial charge in [0.2, 0.25) is 0 Å². The largest absolute Gasteiger partial charge is 0.324 e. The van der Waals surface area contributed by atoms with Crippen LogP contribution in [0.15, 0.2) is 45.5 Å². The number of halogens is 2. The first kappa shape index (κ1) is 19.0. The van der Waals surface area contributed by atoms with E-state index in [9.17, 15) is 18.4 Å². The Balaban J connectivity index is 1.85. The molecule has 0 spiro atoms. The number of hydrogen-bond donors (Lipinski definition) is 1. The summed E-state index contributed by atoms with van der Waals surface area (Å²) in [6, 6.07) is 2.86. The van der Waals surface area contributed by atoms with Crippen molar-refractivity contribution in [2.75, 3.05) is 0 Å². The molecule has 0 saturated carbocycles. The first-order valence-corrected chi connectivity index (χ1v) is 9.44. The highest BCUT2D eigenvalue weighted by Gasteiger charge is 2.19. The van der Waals surface area contributed by atoms with Gasteiger partial charge in [0, 0.05) is 11.9 Å². The molecule has 1 aromatic carbocycles. The molecule has 0 radical (unpaired) electrons. The third-order valence-electron chi connectivity index (χ3n) is 4.38. The van der Waals surface area contributed by atoms with Crippen molar-refractivity contribution in [2.24, 2.45) is 0 Å². The number of thioether (sulfide) groups is 1. The summed E-state index contributed by atoms with van der Waals surface area (Å²) in [6.07, 6.45) is 3.16. The zero-order valence-corrected chi connectivity index (χ0v) is 16.1. The molecule has 1 N–H and O–H groups in total. The van der Waals surface area contributed by atoms with Crippen molar-refractivity contribution in [1.82, 2.24) is 29.4 Å². The summed E-state index contributed by atoms with van der Waals surface area (Å²) in [5, 5.41) is 8.19. The first-order chi connectivity index (χ1) is 13.8. The minimum Gasteiger partial charge on any atom is -0.324 e. The molecular formula is C18H14F2N6O2S. The number of aryl methyl sites for hydroxylation is 2. The number of hydrogen-bond acceptors (Lipinski definition) is 6. The molecule has 0 saturated heterocycles. The predicted molar refractivity (Wildman–Crippen MR) is 102 cm³/mol. The second kappa shape index (κ2) is 7.24. The fraction of sp³-hybridized carbons (Fsp3) is 0.167. The summed E-state index contributed by atoms with van der Waals surface area (Å²) in [5.74, 6) is -0.680. The van der Waals surface area contributed by atoms with E-state index >= 15 is 0 Å². The SMILES string of the molecule is Cc1cc(F)cc(C)c1CSc1nn2ncc(F)c2c(=O)n1-c1c[nH]c(=O)cn1. The highest BCUT2D eigenvalue weighted by atomic mass is 32.2. The minimum atomic E-state index is -0.817. The Hall–Kier alpha value is -3.34. The van der Waals surface area contributed by atoms with Crippen molar-refractivity contribution in [3.63, 3.8) is 0 Å².